The summed E-state index contributed by atoms with van der Waals surface area (Å²) in [6.45, 7) is 5.05. The lowest BCUT2D eigenvalue weighted by Crippen LogP contribution is -2.53. The number of aromatic nitrogens is 2. The van der Waals surface area contributed by atoms with E-state index in [4.69, 9.17) is 0 Å². The lowest BCUT2D eigenvalue weighted by molar-refractivity contribution is 0.00116. The molecular weight excluding hydrogens is 248 g/mol. The molecule has 3 aliphatic rings. The van der Waals surface area contributed by atoms with Gasteiger partial charge in [-0.25, -0.2) is 4.98 Å². The van der Waals surface area contributed by atoms with Gasteiger partial charge in [0.1, 0.15) is 5.82 Å². The van der Waals surface area contributed by atoms with Crippen molar-refractivity contribution in [3.63, 3.8) is 0 Å². The van der Waals surface area contributed by atoms with Gasteiger partial charge < -0.3 is 14.8 Å². The molecule has 1 aromatic rings. The molecule has 0 amide bonds. The van der Waals surface area contributed by atoms with Crippen molar-refractivity contribution in [2.45, 2.75) is 44.1 Å². The number of imidazole rings is 1. The van der Waals surface area contributed by atoms with Crippen molar-refractivity contribution in [1.82, 2.24) is 19.8 Å². The van der Waals surface area contributed by atoms with Gasteiger partial charge in [-0.05, 0) is 57.2 Å². The highest BCUT2D eigenvalue weighted by Gasteiger charge is 2.48. The summed E-state index contributed by atoms with van der Waals surface area (Å²) >= 11 is 0. The minimum Gasteiger partial charge on any atom is -0.338 e. The van der Waals surface area contributed by atoms with Crippen LogP contribution in [0.25, 0.3) is 0 Å². The highest BCUT2D eigenvalue weighted by atomic mass is 15.2. The smallest absolute Gasteiger partial charge is 0.111 e. The number of hydrogen-bond donors (Lipinski definition) is 1. The van der Waals surface area contributed by atoms with Crippen LogP contribution in [0, 0.1) is 5.41 Å². The fourth-order valence-electron chi connectivity index (χ4n) is 4.64. The summed E-state index contributed by atoms with van der Waals surface area (Å²) < 4.78 is 2.20. The maximum atomic E-state index is 4.54. The normalized spacial score (nSPS) is 35.5. The molecule has 0 aromatic carbocycles. The number of rotatable bonds is 2. The molecule has 110 valence electrons. The first-order valence-corrected chi connectivity index (χ1v) is 8.18. The van der Waals surface area contributed by atoms with Gasteiger partial charge in [-0.15, -0.1) is 0 Å². The van der Waals surface area contributed by atoms with Crippen molar-refractivity contribution in [2.75, 3.05) is 26.2 Å². The molecule has 4 nitrogen and oxygen atoms in total. The first kappa shape index (κ1) is 12.8. The molecule has 1 aromatic heterocycles. The van der Waals surface area contributed by atoms with Crippen molar-refractivity contribution < 1.29 is 0 Å². The van der Waals surface area contributed by atoms with Gasteiger partial charge in [0.15, 0.2) is 0 Å². The quantitative estimate of drug-likeness (QED) is 0.892. The summed E-state index contributed by atoms with van der Waals surface area (Å²) in [4.78, 5) is 7.29. The second kappa shape index (κ2) is 4.85. The van der Waals surface area contributed by atoms with E-state index in [1.165, 1.54) is 64.1 Å². The van der Waals surface area contributed by atoms with Gasteiger partial charge in [0.25, 0.3) is 0 Å². The van der Waals surface area contributed by atoms with Crippen LogP contribution in [0.5, 0.6) is 0 Å². The molecule has 1 saturated carbocycles. The lowest BCUT2D eigenvalue weighted by atomic mass is 9.64. The second-order valence-electron chi connectivity index (χ2n) is 7.20. The molecule has 0 radical (unpaired) electrons. The fourth-order valence-corrected chi connectivity index (χ4v) is 4.64. The van der Waals surface area contributed by atoms with Crippen molar-refractivity contribution in [2.24, 2.45) is 12.5 Å². The van der Waals surface area contributed by atoms with Gasteiger partial charge in [0, 0.05) is 37.9 Å². The third-order valence-electron chi connectivity index (χ3n) is 5.94. The topological polar surface area (TPSA) is 33.1 Å². The number of nitrogens with zero attached hydrogens (tertiary/aromatic N) is 3. The Labute approximate surface area is 121 Å². The zero-order chi connectivity index (χ0) is 13.6. The molecule has 4 rings (SSSR count). The Hall–Kier alpha value is -0.870. The summed E-state index contributed by atoms with van der Waals surface area (Å²) in [5, 5.41) is 3.54. The monoisotopic (exact) mass is 274 g/mol. The molecule has 0 unspecified atom stereocenters. The molecule has 2 saturated heterocycles. The summed E-state index contributed by atoms with van der Waals surface area (Å²) in [5.74, 6) is 1.96. The predicted octanol–water partition coefficient (Wildman–Crippen LogP) is 1.74. The van der Waals surface area contributed by atoms with Gasteiger partial charge in [0.05, 0.1) is 0 Å². The Kier molecular flexibility index (Phi) is 3.11. The van der Waals surface area contributed by atoms with Crippen LogP contribution >= 0.6 is 0 Å². The van der Waals surface area contributed by atoms with Gasteiger partial charge in [-0.1, -0.05) is 0 Å². The van der Waals surface area contributed by atoms with Crippen LogP contribution in [0.15, 0.2) is 12.4 Å². The zero-order valence-corrected chi connectivity index (χ0v) is 12.5. The molecule has 3 fully saturated rings. The average molecular weight is 274 g/mol. The van der Waals surface area contributed by atoms with Crippen molar-refractivity contribution in [3.05, 3.63) is 18.2 Å². The van der Waals surface area contributed by atoms with E-state index in [0.717, 1.165) is 6.04 Å². The van der Waals surface area contributed by atoms with Crippen LogP contribution in [0.1, 0.15) is 43.8 Å². The van der Waals surface area contributed by atoms with Crippen LogP contribution in [-0.4, -0.2) is 46.7 Å². The number of nitrogens with one attached hydrogen (secondary N) is 1. The van der Waals surface area contributed by atoms with Crippen molar-refractivity contribution >= 4 is 0 Å². The first-order valence-electron chi connectivity index (χ1n) is 8.18. The van der Waals surface area contributed by atoms with Crippen LogP contribution in [-0.2, 0) is 7.05 Å². The number of piperidine rings is 1. The number of likely N-dealkylation sites (tertiary alicyclic amines) is 1. The van der Waals surface area contributed by atoms with Crippen molar-refractivity contribution in [1.29, 1.82) is 0 Å². The van der Waals surface area contributed by atoms with E-state index in [-0.39, 0.29) is 0 Å². The predicted molar refractivity (Wildman–Crippen MR) is 79.7 cm³/mol. The largest absolute Gasteiger partial charge is 0.338 e. The van der Waals surface area contributed by atoms with E-state index in [1.807, 2.05) is 6.20 Å². The zero-order valence-electron chi connectivity index (χ0n) is 12.5. The van der Waals surface area contributed by atoms with E-state index in [0.29, 0.717) is 11.3 Å². The van der Waals surface area contributed by atoms with E-state index in [9.17, 15) is 0 Å². The van der Waals surface area contributed by atoms with Gasteiger partial charge in [-0.3, -0.25) is 0 Å². The molecule has 4 heteroatoms. The maximum absolute atomic E-state index is 4.54. The Morgan fingerprint density at radius 3 is 2.70 bits per heavy atom. The SMILES string of the molecule is Cn1ccnc1C1CCN(C2CC3(CCNC3)C2)CC1. The Balaban J connectivity index is 1.31. The molecular formula is C16H26N4. The fraction of sp³-hybridized carbons (Fsp3) is 0.812. The van der Waals surface area contributed by atoms with Gasteiger partial charge in [0.2, 0.25) is 0 Å². The summed E-state index contributed by atoms with van der Waals surface area (Å²) in [7, 11) is 2.12. The van der Waals surface area contributed by atoms with Crippen LogP contribution < -0.4 is 5.32 Å². The van der Waals surface area contributed by atoms with E-state index in [1.54, 1.807) is 0 Å². The molecule has 20 heavy (non-hydrogen) atoms. The highest BCUT2D eigenvalue weighted by Crippen LogP contribution is 2.48. The number of hydrogen-bond acceptors (Lipinski definition) is 3. The van der Waals surface area contributed by atoms with Crippen LogP contribution in [0.3, 0.4) is 0 Å². The molecule has 1 aliphatic carbocycles. The summed E-state index contributed by atoms with van der Waals surface area (Å²) in [5.41, 5.74) is 0.682. The van der Waals surface area contributed by atoms with Crippen molar-refractivity contribution in [3.8, 4) is 0 Å². The van der Waals surface area contributed by atoms with Crippen LogP contribution in [0.4, 0.5) is 0 Å². The molecule has 2 aliphatic heterocycles. The average Bonchev–Trinajstić information content (AvgIpc) is 3.06. The summed E-state index contributed by atoms with van der Waals surface area (Å²) in [6, 6.07) is 0.872. The Morgan fingerprint density at radius 2 is 2.10 bits per heavy atom. The molecule has 3 heterocycles. The van der Waals surface area contributed by atoms with E-state index < -0.39 is 0 Å². The van der Waals surface area contributed by atoms with E-state index >= 15 is 0 Å². The van der Waals surface area contributed by atoms with Crippen LogP contribution in [0.2, 0.25) is 0 Å². The third-order valence-corrected chi connectivity index (χ3v) is 5.94. The number of aryl methyl sites for hydroxylation is 1. The van der Waals surface area contributed by atoms with Gasteiger partial charge >= 0.3 is 0 Å². The standard InChI is InChI=1S/C16H26N4/c1-19-9-6-18-15(19)13-2-7-20(8-3-13)14-10-16(11-14)4-5-17-12-16/h6,9,13-14,17H,2-5,7-8,10-12H2,1H3. The molecule has 0 atom stereocenters. The minimum atomic E-state index is 0.674. The van der Waals surface area contributed by atoms with E-state index in [2.05, 4.69) is 33.0 Å². The van der Waals surface area contributed by atoms with Gasteiger partial charge in [-0.2, -0.15) is 0 Å². The molecule has 0 bridgehead atoms. The molecule has 1 spiro atoms. The summed E-state index contributed by atoms with van der Waals surface area (Å²) in [6.07, 6.45) is 10.9. The Bertz CT molecular complexity index is 459. The Morgan fingerprint density at radius 1 is 1.30 bits per heavy atom. The lowest BCUT2D eigenvalue weighted by Gasteiger charge is -2.51. The third kappa shape index (κ3) is 2.09. The first-order chi connectivity index (χ1) is 9.76. The molecule has 1 N–H and O–H groups in total. The maximum Gasteiger partial charge on any atom is 0.111 e. The highest BCUT2D eigenvalue weighted by molar-refractivity contribution is 5.06. The second-order valence-corrected chi connectivity index (χ2v) is 7.20. The minimum absolute atomic E-state index is 0.674.